The number of halogens is 1. The number of sulfonamides is 1. The number of nitrogens with one attached hydrogen (secondary N) is 1. The van der Waals surface area contributed by atoms with Crippen molar-refractivity contribution in [3.63, 3.8) is 0 Å². The van der Waals surface area contributed by atoms with Crippen LogP contribution < -0.4 is 14.4 Å². The number of hydrogen-bond acceptors (Lipinski definition) is 6. The van der Waals surface area contributed by atoms with E-state index in [9.17, 15) is 18.0 Å². The second-order valence-corrected chi connectivity index (χ2v) is 9.26. The number of nitrogens with zero attached hydrogens (tertiary/aromatic N) is 1. The highest BCUT2D eigenvalue weighted by atomic mass is 35.5. The van der Waals surface area contributed by atoms with Gasteiger partial charge in [-0.2, -0.15) is 0 Å². The Kier molecular flexibility index (Phi) is 8.14. The Labute approximate surface area is 203 Å². The fraction of sp³-hybridized carbons (Fsp3) is 0.167. The molecule has 10 heteroatoms. The first-order valence-corrected chi connectivity index (χ1v) is 12.1. The second-order valence-electron chi connectivity index (χ2n) is 6.99. The molecule has 1 amide bonds. The first-order valence-electron chi connectivity index (χ1n) is 10.2. The van der Waals surface area contributed by atoms with Crippen molar-refractivity contribution in [2.75, 3.05) is 29.9 Å². The van der Waals surface area contributed by atoms with Crippen LogP contribution in [0.15, 0.2) is 77.7 Å². The normalized spacial score (nSPS) is 10.9. The van der Waals surface area contributed by atoms with E-state index in [1.54, 1.807) is 42.5 Å². The Morgan fingerprint density at radius 2 is 1.68 bits per heavy atom. The second kappa shape index (κ2) is 11.0. The van der Waals surface area contributed by atoms with E-state index < -0.39 is 28.4 Å². The minimum Gasteiger partial charge on any atom is -0.494 e. The Morgan fingerprint density at radius 3 is 2.29 bits per heavy atom. The minimum absolute atomic E-state index is 0.00155. The van der Waals surface area contributed by atoms with Crippen molar-refractivity contribution in [1.82, 2.24) is 0 Å². The Bertz CT molecular complexity index is 1260. The van der Waals surface area contributed by atoms with Gasteiger partial charge in [-0.1, -0.05) is 29.8 Å². The van der Waals surface area contributed by atoms with Crippen molar-refractivity contribution in [2.45, 2.75) is 11.8 Å². The van der Waals surface area contributed by atoms with E-state index in [0.717, 1.165) is 4.31 Å². The fourth-order valence-electron chi connectivity index (χ4n) is 3.10. The SMILES string of the molecule is CCOc1ccc(S(=O)(=O)N(CC(=O)Nc2cc(C(=O)OC)ccc2Cl)c2ccccc2)cc1. The topological polar surface area (TPSA) is 102 Å². The largest absolute Gasteiger partial charge is 0.494 e. The first-order chi connectivity index (χ1) is 16.3. The average molecular weight is 503 g/mol. The average Bonchev–Trinajstić information content (AvgIpc) is 2.84. The molecule has 3 aromatic carbocycles. The maximum Gasteiger partial charge on any atom is 0.337 e. The van der Waals surface area contributed by atoms with Crippen molar-refractivity contribution in [1.29, 1.82) is 0 Å². The van der Waals surface area contributed by atoms with Gasteiger partial charge in [-0.3, -0.25) is 9.10 Å². The predicted octanol–water partition coefficient (Wildman–Crippen LogP) is 4.36. The van der Waals surface area contributed by atoms with E-state index in [2.05, 4.69) is 10.1 Å². The number of benzene rings is 3. The molecule has 0 aliphatic carbocycles. The van der Waals surface area contributed by atoms with Crippen LogP contribution in [0.2, 0.25) is 5.02 Å². The Hall–Kier alpha value is -3.56. The van der Waals surface area contributed by atoms with Gasteiger partial charge in [-0.05, 0) is 61.5 Å². The van der Waals surface area contributed by atoms with E-state index in [1.165, 1.54) is 37.4 Å². The smallest absolute Gasteiger partial charge is 0.337 e. The van der Waals surface area contributed by atoms with Gasteiger partial charge in [-0.15, -0.1) is 0 Å². The summed E-state index contributed by atoms with van der Waals surface area (Å²) in [5.41, 5.74) is 0.645. The number of methoxy groups -OCH3 is 1. The molecule has 0 atom stereocenters. The predicted molar refractivity (Wildman–Crippen MR) is 130 cm³/mol. The molecule has 0 saturated carbocycles. The number of para-hydroxylation sites is 1. The quantitative estimate of drug-likeness (QED) is 0.436. The highest BCUT2D eigenvalue weighted by Crippen LogP contribution is 2.27. The van der Waals surface area contributed by atoms with E-state index in [4.69, 9.17) is 16.3 Å². The molecule has 0 bridgehead atoms. The summed E-state index contributed by atoms with van der Waals surface area (Å²) in [5.74, 6) is -0.719. The molecule has 0 heterocycles. The monoisotopic (exact) mass is 502 g/mol. The van der Waals surface area contributed by atoms with Crippen molar-refractivity contribution in [3.8, 4) is 5.75 Å². The summed E-state index contributed by atoms with van der Waals surface area (Å²) in [6.45, 7) is 1.74. The summed E-state index contributed by atoms with van der Waals surface area (Å²) < 4.78 is 38.0. The van der Waals surface area contributed by atoms with Gasteiger partial charge >= 0.3 is 5.97 Å². The van der Waals surface area contributed by atoms with Gasteiger partial charge < -0.3 is 14.8 Å². The van der Waals surface area contributed by atoms with Gasteiger partial charge in [0.05, 0.1) is 40.6 Å². The molecule has 0 saturated heterocycles. The Balaban J connectivity index is 1.90. The number of esters is 1. The van der Waals surface area contributed by atoms with E-state index in [-0.39, 0.29) is 21.2 Å². The van der Waals surface area contributed by atoms with Gasteiger partial charge in [0.2, 0.25) is 5.91 Å². The molecule has 3 rings (SSSR count). The third kappa shape index (κ3) is 5.86. The summed E-state index contributed by atoms with van der Waals surface area (Å²) in [5, 5.41) is 2.76. The summed E-state index contributed by atoms with van der Waals surface area (Å²) in [4.78, 5) is 24.7. The molecule has 3 aromatic rings. The van der Waals surface area contributed by atoms with Crippen molar-refractivity contribution >= 4 is 44.9 Å². The van der Waals surface area contributed by atoms with Crippen LogP contribution in [0, 0.1) is 0 Å². The number of amides is 1. The molecule has 0 unspecified atom stereocenters. The van der Waals surface area contributed by atoms with Crippen LogP contribution in [0.3, 0.4) is 0 Å². The van der Waals surface area contributed by atoms with Crippen LogP contribution in [0.1, 0.15) is 17.3 Å². The third-order valence-corrected chi connectivity index (χ3v) is 6.83. The van der Waals surface area contributed by atoms with Gasteiger partial charge in [0.25, 0.3) is 10.0 Å². The summed E-state index contributed by atoms with van der Waals surface area (Å²) in [7, 11) is -2.86. The molecule has 0 aliphatic heterocycles. The van der Waals surface area contributed by atoms with Crippen LogP contribution >= 0.6 is 11.6 Å². The van der Waals surface area contributed by atoms with Crippen LogP contribution in [0.5, 0.6) is 5.75 Å². The number of carbonyl (C=O) groups excluding carboxylic acids is 2. The molecular formula is C24H23ClN2O6S. The van der Waals surface area contributed by atoms with Gasteiger partial charge in [0.1, 0.15) is 12.3 Å². The number of anilines is 2. The molecule has 0 aliphatic rings. The number of hydrogen-bond donors (Lipinski definition) is 1. The molecule has 0 aromatic heterocycles. The van der Waals surface area contributed by atoms with E-state index in [0.29, 0.717) is 18.0 Å². The highest BCUT2D eigenvalue weighted by Gasteiger charge is 2.27. The van der Waals surface area contributed by atoms with Crippen LogP contribution in [-0.2, 0) is 19.6 Å². The zero-order valence-corrected chi connectivity index (χ0v) is 20.1. The lowest BCUT2D eigenvalue weighted by molar-refractivity contribution is -0.114. The van der Waals surface area contributed by atoms with Crippen molar-refractivity contribution in [3.05, 3.63) is 83.4 Å². The lowest BCUT2D eigenvalue weighted by atomic mass is 10.2. The lowest BCUT2D eigenvalue weighted by Crippen LogP contribution is -2.38. The first kappa shape index (κ1) is 25.1. The zero-order valence-electron chi connectivity index (χ0n) is 18.5. The molecule has 0 radical (unpaired) electrons. The van der Waals surface area contributed by atoms with Crippen LogP contribution in [0.4, 0.5) is 11.4 Å². The number of carbonyl (C=O) groups is 2. The molecule has 0 fully saturated rings. The number of ether oxygens (including phenoxy) is 2. The van der Waals surface area contributed by atoms with Crippen molar-refractivity contribution in [2.24, 2.45) is 0 Å². The van der Waals surface area contributed by atoms with Crippen molar-refractivity contribution < 1.29 is 27.5 Å². The van der Waals surface area contributed by atoms with E-state index in [1.807, 2.05) is 6.92 Å². The lowest BCUT2D eigenvalue weighted by Gasteiger charge is -2.24. The maximum absolute atomic E-state index is 13.5. The molecular weight excluding hydrogens is 480 g/mol. The van der Waals surface area contributed by atoms with E-state index >= 15 is 0 Å². The number of rotatable bonds is 9. The minimum atomic E-state index is -4.10. The third-order valence-electron chi connectivity index (χ3n) is 4.72. The fourth-order valence-corrected chi connectivity index (χ4v) is 4.68. The zero-order chi connectivity index (χ0) is 24.7. The van der Waals surface area contributed by atoms with Gasteiger partial charge in [0.15, 0.2) is 0 Å². The summed E-state index contributed by atoms with van der Waals surface area (Å²) in [6.07, 6.45) is 0. The molecule has 34 heavy (non-hydrogen) atoms. The van der Waals surface area contributed by atoms with Crippen LogP contribution in [-0.4, -0.2) is 40.6 Å². The molecule has 178 valence electrons. The molecule has 1 N–H and O–H groups in total. The standard InChI is InChI=1S/C24H23ClN2O6S/c1-3-33-19-10-12-20(13-11-19)34(30,31)27(18-7-5-4-6-8-18)16-23(28)26-22-15-17(24(29)32-2)9-14-21(22)25/h4-15H,3,16H2,1-2H3,(H,26,28). The Morgan fingerprint density at radius 1 is 1.00 bits per heavy atom. The van der Waals surface area contributed by atoms with Crippen LogP contribution in [0.25, 0.3) is 0 Å². The van der Waals surface area contributed by atoms with Gasteiger partial charge in [-0.25, -0.2) is 13.2 Å². The molecule has 0 spiro atoms. The highest BCUT2D eigenvalue weighted by molar-refractivity contribution is 7.92. The molecule has 8 nitrogen and oxygen atoms in total. The maximum atomic E-state index is 13.5. The van der Waals surface area contributed by atoms with Gasteiger partial charge in [0, 0.05) is 0 Å². The summed E-state index contributed by atoms with van der Waals surface area (Å²) >= 11 is 6.16. The summed E-state index contributed by atoms with van der Waals surface area (Å²) in [6, 6.07) is 18.5.